The van der Waals surface area contributed by atoms with E-state index < -0.39 is 105 Å². The summed E-state index contributed by atoms with van der Waals surface area (Å²) in [7, 11) is -8.43. The zero-order valence-corrected chi connectivity index (χ0v) is 23.4. The molecule has 54 heavy (non-hydrogen) atoms. The van der Waals surface area contributed by atoms with Gasteiger partial charge in [0.2, 0.25) is 0 Å². The summed E-state index contributed by atoms with van der Waals surface area (Å²) in [5.74, 6) is -99.1. The molecule has 38 heteroatoms. The molecule has 0 heterocycles. The van der Waals surface area contributed by atoms with E-state index in [9.17, 15) is 153 Å². The van der Waals surface area contributed by atoms with E-state index in [4.69, 9.17) is 4.55 Å². The molecule has 0 saturated heterocycles. The average molecular weight is 916 g/mol. The van der Waals surface area contributed by atoms with Gasteiger partial charge in [-0.25, -0.2) is 9.13 Å². The van der Waals surface area contributed by atoms with Gasteiger partial charge in [-0.05, 0) is 0 Å². The molecule has 0 aromatic carbocycles. The molecule has 0 spiro atoms. The predicted octanol–water partition coefficient (Wildman–Crippen LogP) is 9.86. The van der Waals surface area contributed by atoms with Crippen LogP contribution in [-0.2, 0) is 14.9 Å². The number of ether oxygens (including phenoxy) is 1. The summed E-state index contributed by atoms with van der Waals surface area (Å²) in [5.41, 5.74) is -8.91. The Hall–Kier alpha value is -2.44. The van der Waals surface area contributed by atoms with Crippen molar-refractivity contribution >= 4 is 10.1 Å². The number of rotatable bonds is 15. The van der Waals surface area contributed by atoms with Gasteiger partial charge in [-0.2, -0.15) is 149 Å². The summed E-state index contributed by atoms with van der Waals surface area (Å²) in [6, 6.07) is 0. The van der Waals surface area contributed by atoms with E-state index in [1.165, 1.54) is 0 Å². The minimum absolute atomic E-state index is 0.554. The third-order valence-corrected chi connectivity index (χ3v) is 6.95. The molecule has 0 amide bonds. The zero-order chi connectivity index (χ0) is 45.2. The second kappa shape index (κ2) is 12.3. The van der Waals surface area contributed by atoms with Gasteiger partial charge < -0.3 is 0 Å². The Morgan fingerprint density at radius 2 is 0.481 bits per heavy atom. The first-order chi connectivity index (χ1) is 22.5. The molecule has 4 nitrogen and oxygen atoms in total. The molecular formula is C16HF33O4S. The molecule has 0 aromatic heterocycles. The molecule has 0 aliphatic carbocycles. The molecule has 0 aliphatic rings. The monoisotopic (exact) mass is 916 g/mol. The second-order valence-corrected chi connectivity index (χ2v) is 11.0. The van der Waals surface area contributed by atoms with Gasteiger partial charge in [-0.15, -0.1) is 0 Å². The van der Waals surface area contributed by atoms with Crippen molar-refractivity contribution in [1.82, 2.24) is 0 Å². The molecule has 0 atom stereocenters. The van der Waals surface area contributed by atoms with Gasteiger partial charge >= 0.3 is 105 Å². The maximum atomic E-state index is 13.8. The molecule has 0 radical (unpaired) electrons. The number of hydrogen-bond donors (Lipinski definition) is 1. The lowest BCUT2D eigenvalue weighted by atomic mass is 9.85. The Balaban J connectivity index is 7.67. The molecule has 0 aromatic rings. The maximum absolute atomic E-state index is 13.8. The molecule has 0 aliphatic heterocycles. The normalized spacial score (nSPS) is 17.3. The van der Waals surface area contributed by atoms with E-state index in [1.54, 1.807) is 0 Å². The number of hydrogen-bond acceptors (Lipinski definition) is 3. The standard InChI is InChI=1S/C16HF33O4S/c17-1(12(38,39)40,13(41,42)43)14(44,45)53-15(46,47)10(34,35)8(30,31)6(26,27)4(22,23)2(18,19)3(20,21)5(24,25)7(28,29)9(32,33)11(36,37)16(48,49)54(50,51)52/h(H,50,51,52). The summed E-state index contributed by atoms with van der Waals surface area (Å²) in [5, 5.41) is -8.42. The Kier molecular flexibility index (Phi) is 11.7. The third kappa shape index (κ3) is 6.09. The van der Waals surface area contributed by atoms with Gasteiger partial charge in [0.15, 0.2) is 0 Å². The molecule has 326 valence electrons. The van der Waals surface area contributed by atoms with Crippen molar-refractivity contribution in [2.24, 2.45) is 0 Å². The molecule has 0 saturated carbocycles. The quantitative estimate of drug-likeness (QED) is 0.131. The second-order valence-electron chi connectivity index (χ2n) is 9.53. The van der Waals surface area contributed by atoms with Crippen molar-refractivity contribution in [1.29, 1.82) is 0 Å². The Bertz CT molecular complexity index is 1480. The van der Waals surface area contributed by atoms with Crippen LogP contribution in [0.3, 0.4) is 0 Å². The van der Waals surface area contributed by atoms with Gasteiger partial charge in [-0.1, -0.05) is 0 Å². The highest BCUT2D eigenvalue weighted by Gasteiger charge is 3.00. The lowest BCUT2D eigenvalue weighted by Crippen LogP contribution is -2.78. The van der Waals surface area contributed by atoms with Gasteiger partial charge in [0.25, 0.3) is 0 Å². The van der Waals surface area contributed by atoms with E-state index in [2.05, 4.69) is 0 Å². The number of halogens is 33. The molecule has 0 bridgehead atoms. The van der Waals surface area contributed by atoms with Crippen LogP contribution in [0.5, 0.6) is 0 Å². The van der Waals surface area contributed by atoms with Crippen LogP contribution in [0, 0.1) is 0 Å². The Labute approximate surface area is 268 Å². The maximum Gasteiger partial charge on any atom is 0.440 e. The van der Waals surface area contributed by atoms with Crippen molar-refractivity contribution in [3.05, 3.63) is 0 Å². The first-order valence-corrected chi connectivity index (χ1v) is 12.3. The SMILES string of the molecule is O=S(=O)(O)C(F)(F)C(F)(F)C(F)(F)C(F)(F)C(F)(F)C(F)(F)C(F)(F)C(F)(F)C(F)(F)C(F)(F)C(F)(F)C(F)(F)OC(F)(F)C(F)(C(F)(F)F)C(F)(F)F. The summed E-state index contributed by atoms with van der Waals surface area (Å²) in [6.07, 6.45) is -35.4. The Morgan fingerprint density at radius 3 is 0.667 bits per heavy atom. The van der Waals surface area contributed by atoms with Crippen LogP contribution in [0.25, 0.3) is 0 Å². The highest BCUT2D eigenvalue weighted by molar-refractivity contribution is 7.87. The minimum Gasteiger partial charge on any atom is -0.281 e. The smallest absolute Gasteiger partial charge is 0.281 e. The first-order valence-electron chi connectivity index (χ1n) is 10.9. The van der Waals surface area contributed by atoms with E-state index in [0.29, 0.717) is 4.74 Å². The Morgan fingerprint density at radius 1 is 0.296 bits per heavy atom. The highest BCUT2D eigenvalue weighted by atomic mass is 32.2. The zero-order valence-electron chi connectivity index (χ0n) is 22.6. The fourth-order valence-electron chi connectivity index (χ4n) is 2.89. The predicted molar refractivity (Wildman–Crippen MR) is 92.9 cm³/mol. The van der Waals surface area contributed by atoms with E-state index in [1.807, 2.05) is 0 Å². The molecule has 0 unspecified atom stereocenters. The molecule has 0 rings (SSSR count). The van der Waals surface area contributed by atoms with Crippen molar-refractivity contribution in [2.45, 2.75) is 94.7 Å². The summed E-state index contributed by atoms with van der Waals surface area (Å²) < 4.78 is 469. The first kappa shape index (κ1) is 51.6. The lowest BCUT2D eigenvalue weighted by Gasteiger charge is -2.46. The topological polar surface area (TPSA) is 63.6 Å². The van der Waals surface area contributed by atoms with E-state index in [0.717, 1.165) is 0 Å². The molecule has 1 N–H and O–H groups in total. The van der Waals surface area contributed by atoms with Gasteiger partial charge in [-0.3, -0.25) is 4.55 Å². The largest absolute Gasteiger partial charge is 0.440 e. The summed E-state index contributed by atoms with van der Waals surface area (Å²) in [6.45, 7) is 0. The summed E-state index contributed by atoms with van der Waals surface area (Å²) in [4.78, 5) is 0. The van der Waals surface area contributed by atoms with Crippen LogP contribution in [0.15, 0.2) is 0 Å². The van der Waals surface area contributed by atoms with Crippen LogP contribution in [0.4, 0.5) is 145 Å². The average Bonchev–Trinajstić information content (AvgIpc) is 2.88. The van der Waals surface area contributed by atoms with Crippen LogP contribution < -0.4 is 0 Å². The molecular weight excluding hydrogens is 915 g/mol. The number of alkyl halides is 33. The van der Waals surface area contributed by atoms with Crippen LogP contribution >= 0.6 is 0 Å². The van der Waals surface area contributed by atoms with Crippen molar-refractivity contribution < 1.29 is 163 Å². The van der Waals surface area contributed by atoms with Gasteiger partial charge in [0.05, 0.1) is 0 Å². The molecule has 0 fully saturated rings. The highest BCUT2D eigenvalue weighted by Crippen LogP contribution is 2.68. The van der Waals surface area contributed by atoms with Crippen molar-refractivity contribution in [3.8, 4) is 0 Å². The van der Waals surface area contributed by atoms with E-state index >= 15 is 0 Å². The summed E-state index contributed by atoms with van der Waals surface area (Å²) >= 11 is 0. The van der Waals surface area contributed by atoms with Gasteiger partial charge in [0.1, 0.15) is 0 Å². The van der Waals surface area contributed by atoms with Crippen LogP contribution in [0.2, 0.25) is 0 Å². The minimum atomic E-state index is -10.2. The fraction of sp³-hybridized carbons (Fsp3) is 1.00. The van der Waals surface area contributed by atoms with Crippen LogP contribution in [0.1, 0.15) is 0 Å². The third-order valence-electron chi connectivity index (χ3n) is 6.04. The van der Waals surface area contributed by atoms with Crippen molar-refractivity contribution in [3.63, 3.8) is 0 Å². The van der Waals surface area contributed by atoms with Gasteiger partial charge in [0, 0.05) is 0 Å². The lowest BCUT2D eigenvalue weighted by molar-refractivity contribution is -0.529. The van der Waals surface area contributed by atoms with E-state index in [-0.39, 0.29) is 0 Å². The van der Waals surface area contributed by atoms with Crippen molar-refractivity contribution in [2.75, 3.05) is 0 Å². The fourth-order valence-corrected chi connectivity index (χ4v) is 3.34. The van der Waals surface area contributed by atoms with Crippen LogP contribution in [-0.4, -0.2) is 108 Å².